The molecule has 1 aromatic heterocycles. The van der Waals surface area contributed by atoms with Crippen LogP contribution in [0.15, 0.2) is 18.7 Å². The number of halogens is 1. The SMILES string of the molecule is CCC(Cn1ccnc1)NC(=O)CCl. The molecule has 78 valence electrons. The Morgan fingerprint density at radius 2 is 2.50 bits per heavy atom. The summed E-state index contributed by atoms with van der Waals surface area (Å²) >= 11 is 5.40. The number of amides is 1. The summed E-state index contributed by atoms with van der Waals surface area (Å²) in [6.07, 6.45) is 6.20. The van der Waals surface area contributed by atoms with Crippen LogP contribution >= 0.6 is 11.6 Å². The van der Waals surface area contributed by atoms with E-state index in [-0.39, 0.29) is 17.8 Å². The maximum absolute atomic E-state index is 11.0. The first-order valence-electron chi connectivity index (χ1n) is 4.57. The normalized spacial score (nSPS) is 12.4. The number of rotatable bonds is 5. The first-order valence-corrected chi connectivity index (χ1v) is 5.10. The van der Waals surface area contributed by atoms with E-state index in [2.05, 4.69) is 10.3 Å². The molecule has 1 unspecified atom stereocenters. The molecule has 0 saturated carbocycles. The fourth-order valence-electron chi connectivity index (χ4n) is 1.19. The molecule has 1 N–H and O–H groups in total. The van der Waals surface area contributed by atoms with E-state index in [4.69, 9.17) is 11.6 Å². The zero-order valence-corrected chi connectivity index (χ0v) is 8.87. The largest absolute Gasteiger partial charge is 0.351 e. The zero-order chi connectivity index (χ0) is 10.4. The highest BCUT2D eigenvalue weighted by Crippen LogP contribution is 1.97. The molecule has 0 saturated heterocycles. The summed E-state index contributed by atoms with van der Waals surface area (Å²) in [5.41, 5.74) is 0. The molecule has 5 heteroatoms. The lowest BCUT2D eigenvalue weighted by atomic mass is 10.2. The van der Waals surface area contributed by atoms with Gasteiger partial charge in [0.25, 0.3) is 0 Å². The third-order valence-corrected chi connectivity index (χ3v) is 2.21. The van der Waals surface area contributed by atoms with Gasteiger partial charge in [-0.2, -0.15) is 0 Å². The Labute approximate surface area is 88.3 Å². The zero-order valence-electron chi connectivity index (χ0n) is 8.11. The second kappa shape index (κ2) is 5.65. The van der Waals surface area contributed by atoms with E-state index < -0.39 is 0 Å². The van der Waals surface area contributed by atoms with Crippen LogP contribution in [-0.4, -0.2) is 27.4 Å². The van der Waals surface area contributed by atoms with Crippen molar-refractivity contribution in [1.29, 1.82) is 0 Å². The van der Waals surface area contributed by atoms with Crippen LogP contribution in [0, 0.1) is 0 Å². The van der Waals surface area contributed by atoms with E-state index in [0.717, 1.165) is 13.0 Å². The second-order valence-electron chi connectivity index (χ2n) is 3.07. The molecule has 0 radical (unpaired) electrons. The molecule has 0 spiro atoms. The van der Waals surface area contributed by atoms with Gasteiger partial charge in [-0.1, -0.05) is 6.92 Å². The molecule has 1 amide bonds. The lowest BCUT2D eigenvalue weighted by Gasteiger charge is -2.16. The Morgan fingerprint density at radius 1 is 1.71 bits per heavy atom. The van der Waals surface area contributed by atoms with Crippen molar-refractivity contribution in [2.75, 3.05) is 5.88 Å². The van der Waals surface area contributed by atoms with Crippen LogP contribution < -0.4 is 5.32 Å². The minimum atomic E-state index is -0.126. The van der Waals surface area contributed by atoms with Crippen molar-refractivity contribution in [3.05, 3.63) is 18.7 Å². The van der Waals surface area contributed by atoms with Crippen LogP contribution in [0.5, 0.6) is 0 Å². The van der Waals surface area contributed by atoms with Crippen LogP contribution in [-0.2, 0) is 11.3 Å². The number of hydrogen-bond donors (Lipinski definition) is 1. The summed E-state index contributed by atoms with van der Waals surface area (Å²) in [6.45, 7) is 2.76. The van der Waals surface area contributed by atoms with Crippen molar-refractivity contribution >= 4 is 17.5 Å². The number of aromatic nitrogens is 2. The molecule has 1 heterocycles. The van der Waals surface area contributed by atoms with E-state index in [1.807, 2.05) is 17.7 Å². The summed E-state index contributed by atoms with van der Waals surface area (Å²) < 4.78 is 1.93. The van der Waals surface area contributed by atoms with Gasteiger partial charge in [-0.3, -0.25) is 4.79 Å². The van der Waals surface area contributed by atoms with E-state index in [9.17, 15) is 4.79 Å². The number of carbonyl (C=O) groups excluding carboxylic acids is 1. The van der Waals surface area contributed by atoms with Crippen molar-refractivity contribution in [1.82, 2.24) is 14.9 Å². The summed E-state index contributed by atoms with van der Waals surface area (Å²) in [5, 5.41) is 2.84. The molecule has 4 nitrogen and oxygen atoms in total. The van der Waals surface area contributed by atoms with Gasteiger partial charge in [0.05, 0.1) is 6.33 Å². The van der Waals surface area contributed by atoms with E-state index in [0.29, 0.717) is 0 Å². The maximum atomic E-state index is 11.0. The van der Waals surface area contributed by atoms with Crippen molar-refractivity contribution < 1.29 is 4.79 Å². The van der Waals surface area contributed by atoms with Crippen LogP contribution in [0.4, 0.5) is 0 Å². The van der Waals surface area contributed by atoms with Gasteiger partial charge in [0.1, 0.15) is 5.88 Å². The number of alkyl halides is 1. The molecule has 1 aromatic rings. The fourth-order valence-corrected chi connectivity index (χ4v) is 1.27. The van der Waals surface area contributed by atoms with E-state index in [1.54, 1.807) is 12.5 Å². The fraction of sp³-hybridized carbons (Fsp3) is 0.556. The third-order valence-electron chi connectivity index (χ3n) is 1.97. The summed E-state index contributed by atoms with van der Waals surface area (Å²) in [4.78, 5) is 15.0. The molecular weight excluding hydrogens is 202 g/mol. The highest BCUT2D eigenvalue weighted by atomic mass is 35.5. The van der Waals surface area contributed by atoms with Gasteiger partial charge >= 0.3 is 0 Å². The van der Waals surface area contributed by atoms with Crippen LogP contribution in [0.1, 0.15) is 13.3 Å². The number of nitrogens with zero attached hydrogens (tertiary/aromatic N) is 2. The van der Waals surface area contributed by atoms with Gasteiger partial charge in [-0.25, -0.2) is 4.98 Å². The highest BCUT2D eigenvalue weighted by Gasteiger charge is 2.09. The molecule has 0 aliphatic heterocycles. The number of hydrogen-bond acceptors (Lipinski definition) is 2. The van der Waals surface area contributed by atoms with Crippen LogP contribution in [0.25, 0.3) is 0 Å². The number of carbonyl (C=O) groups is 1. The van der Waals surface area contributed by atoms with Crippen molar-refractivity contribution in [3.8, 4) is 0 Å². The lowest BCUT2D eigenvalue weighted by Crippen LogP contribution is -2.37. The molecule has 0 aliphatic rings. The van der Waals surface area contributed by atoms with Gasteiger partial charge < -0.3 is 9.88 Å². The molecule has 0 fully saturated rings. The minimum Gasteiger partial charge on any atom is -0.351 e. The standard InChI is InChI=1S/C9H14ClN3O/c1-2-8(12-9(14)5-10)6-13-4-3-11-7-13/h3-4,7-8H,2,5-6H2,1H3,(H,12,14). The second-order valence-corrected chi connectivity index (χ2v) is 3.33. The maximum Gasteiger partial charge on any atom is 0.235 e. The van der Waals surface area contributed by atoms with E-state index in [1.165, 1.54) is 0 Å². The summed E-state index contributed by atoms with van der Waals surface area (Å²) in [5.74, 6) is -0.112. The first kappa shape index (κ1) is 11.0. The number of nitrogens with one attached hydrogen (secondary N) is 1. The quantitative estimate of drug-likeness (QED) is 0.746. The first-order chi connectivity index (χ1) is 6.76. The van der Waals surface area contributed by atoms with Crippen LogP contribution in [0.2, 0.25) is 0 Å². The average molecular weight is 216 g/mol. The predicted octanol–water partition coefficient (Wildman–Crippen LogP) is 1.02. The topological polar surface area (TPSA) is 46.9 Å². The van der Waals surface area contributed by atoms with Crippen molar-refractivity contribution in [2.24, 2.45) is 0 Å². The predicted molar refractivity (Wildman–Crippen MR) is 55.2 cm³/mol. The molecule has 1 atom stereocenters. The van der Waals surface area contributed by atoms with Gasteiger partial charge in [0.15, 0.2) is 0 Å². The van der Waals surface area contributed by atoms with Gasteiger partial charge in [-0.05, 0) is 6.42 Å². The van der Waals surface area contributed by atoms with Crippen molar-refractivity contribution in [2.45, 2.75) is 25.9 Å². The summed E-state index contributed by atoms with van der Waals surface area (Å²) in [6, 6.07) is 0.121. The minimum absolute atomic E-state index is 0.0143. The average Bonchev–Trinajstić information content (AvgIpc) is 2.69. The molecule has 0 bridgehead atoms. The Kier molecular flexibility index (Phi) is 4.46. The van der Waals surface area contributed by atoms with E-state index >= 15 is 0 Å². The Hall–Kier alpha value is -1.03. The monoisotopic (exact) mass is 215 g/mol. The highest BCUT2D eigenvalue weighted by molar-refractivity contribution is 6.27. The molecule has 0 aromatic carbocycles. The molecule has 14 heavy (non-hydrogen) atoms. The van der Waals surface area contributed by atoms with Crippen molar-refractivity contribution in [3.63, 3.8) is 0 Å². The van der Waals surface area contributed by atoms with Gasteiger partial charge in [-0.15, -0.1) is 11.6 Å². The Morgan fingerprint density at radius 3 is 3.00 bits per heavy atom. The van der Waals surface area contributed by atoms with Crippen LogP contribution in [0.3, 0.4) is 0 Å². The Bertz CT molecular complexity index is 274. The molecular formula is C9H14ClN3O. The smallest absolute Gasteiger partial charge is 0.235 e. The van der Waals surface area contributed by atoms with Gasteiger partial charge in [0, 0.05) is 25.0 Å². The molecule has 1 rings (SSSR count). The summed E-state index contributed by atoms with van der Waals surface area (Å²) in [7, 11) is 0. The Balaban J connectivity index is 2.43. The number of imidazole rings is 1. The molecule has 0 aliphatic carbocycles. The lowest BCUT2D eigenvalue weighted by molar-refractivity contribution is -0.119. The third kappa shape index (κ3) is 3.38. The van der Waals surface area contributed by atoms with Gasteiger partial charge in [0.2, 0.25) is 5.91 Å².